The average Bonchev–Trinajstić information content (AvgIpc) is 3.92. The van der Waals surface area contributed by atoms with Gasteiger partial charge >= 0.3 is 0 Å². The van der Waals surface area contributed by atoms with Crippen LogP contribution in [-0.4, -0.2) is 80.3 Å². The van der Waals surface area contributed by atoms with E-state index < -0.39 is 0 Å². The zero-order valence-electron chi connectivity index (χ0n) is 26.8. The van der Waals surface area contributed by atoms with Crippen LogP contribution in [0.2, 0.25) is 10.0 Å². The molecule has 0 unspecified atom stereocenters. The van der Waals surface area contributed by atoms with Crippen molar-refractivity contribution in [3.8, 4) is 23.0 Å². The van der Waals surface area contributed by atoms with Gasteiger partial charge in [-0.1, -0.05) is 41.4 Å². The Morgan fingerprint density at radius 1 is 0.915 bits per heavy atom. The highest BCUT2D eigenvalue weighted by Crippen LogP contribution is 2.38. The molecule has 9 nitrogen and oxygen atoms in total. The summed E-state index contributed by atoms with van der Waals surface area (Å²) in [5, 5.41) is 4.46. The fraction of sp³-hybridized carbons (Fsp3) is 0.389. The molecule has 2 aliphatic heterocycles. The third-order valence-electron chi connectivity index (χ3n) is 8.82. The van der Waals surface area contributed by atoms with Crippen molar-refractivity contribution >= 4 is 40.6 Å². The van der Waals surface area contributed by atoms with Gasteiger partial charge in [0.15, 0.2) is 0 Å². The number of benzene rings is 3. The predicted octanol–water partition coefficient (Wildman–Crippen LogP) is 6.01. The van der Waals surface area contributed by atoms with Crippen molar-refractivity contribution in [2.24, 2.45) is 0 Å². The second-order valence-corrected chi connectivity index (χ2v) is 12.9. The Bertz CT molecular complexity index is 1640. The molecule has 3 aromatic carbocycles. The third-order valence-corrected chi connectivity index (χ3v) is 9.62. The van der Waals surface area contributed by atoms with Gasteiger partial charge in [-0.05, 0) is 72.4 Å². The molecule has 6 rings (SSSR count). The van der Waals surface area contributed by atoms with Crippen LogP contribution in [0.15, 0.2) is 66.2 Å². The van der Waals surface area contributed by atoms with Crippen LogP contribution in [0.1, 0.15) is 37.3 Å². The van der Waals surface area contributed by atoms with E-state index in [-0.39, 0.29) is 29.9 Å². The predicted molar refractivity (Wildman–Crippen MR) is 182 cm³/mol. The first-order valence-corrected chi connectivity index (χ1v) is 16.6. The maximum absolute atomic E-state index is 14.7. The summed E-state index contributed by atoms with van der Waals surface area (Å²) < 4.78 is 22.7. The molecule has 3 aromatic rings. The maximum Gasteiger partial charge on any atom is 0.252 e. The quantitative estimate of drug-likeness (QED) is 0.235. The van der Waals surface area contributed by atoms with Crippen molar-refractivity contribution in [2.45, 2.75) is 50.9 Å². The molecule has 2 heterocycles. The van der Waals surface area contributed by atoms with E-state index in [4.69, 9.17) is 42.1 Å². The van der Waals surface area contributed by atoms with Crippen molar-refractivity contribution < 1.29 is 28.5 Å². The Morgan fingerprint density at radius 3 is 2.28 bits per heavy atom. The molecule has 2 bridgehead atoms. The van der Waals surface area contributed by atoms with E-state index in [1.165, 1.54) is 0 Å². The van der Waals surface area contributed by atoms with Crippen molar-refractivity contribution in [3.05, 3.63) is 87.4 Å². The first-order chi connectivity index (χ1) is 22.7. The number of fused-ring (bicyclic) bond motifs is 2. The van der Waals surface area contributed by atoms with Gasteiger partial charge in [0.25, 0.3) is 5.91 Å². The first-order valence-electron chi connectivity index (χ1n) is 15.8. The average molecular weight is 681 g/mol. The lowest BCUT2D eigenvalue weighted by molar-refractivity contribution is -0.132. The fourth-order valence-electron chi connectivity index (χ4n) is 6.35. The number of methoxy groups -OCH3 is 2. The van der Waals surface area contributed by atoms with Gasteiger partial charge in [-0.25, -0.2) is 0 Å². The Labute approximate surface area is 285 Å². The van der Waals surface area contributed by atoms with Gasteiger partial charge in [0, 0.05) is 50.3 Å². The normalized spacial score (nSPS) is 18.9. The number of amides is 2. The number of ether oxygens (including phenoxy) is 4. The molecular formula is C36H39Cl2N3O6. The van der Waals surface area contributed by atoms with Crippen LogP contribution in [0, 0.1) is 0 Å². The van der Waals surface area contributed by atoms with Gasteiger partial charge < -0.3 is 34.1 Å². The van der Waals surface area contributed by atoms with Crippen molar-refractivity contribution in [3.63, 3.8) is 0 Å². The van der Waals surface area contributed by atoms with Crippen LogP contribution in [0.4, 0.5) is 0 Å². The third kappa shape index (κ3) is 7.64. The minimum atomic E-state index is -0.276. The Balaban J connectivity index is 1.24. The molecule has 3 aliphatic rings. The largest absolute Gasteiger partial charge is 0.497 e. The van der Waals surface area contributed by atoms with Crippen LogP contribution in [0.25, 0.3) is 5.57 Å². The number of piperazine rings is 1. The van der Waals surface area contributed by atoms with E-state index in [9.17, 15) is 9.59 Å². The lowest BCUT2D eigenvalue weighted by Gasteiger charge is -2.44. The SMILES string of the molecule is COc1cc(CN(C(=O)C2=C(c3ccc(OCCOc4cccc(Cl)c4Cl)cc3)C[C@@H]3CN(C(C)=O)C[C@H]2N3)C2CC2)cc(OC)c1. The van der Waals surface area contributed by atoms with E-state index in [0.717, 1.165) is 35.1 Å². The number of hydrogen-bond acceptors (Lipinski definition) is 7. The smallest absolute Gasteiger partial charge is 0.252 e. The van der Waals surface area contributed by atoms with Crippen LogP contribution in [0.5, 0.6) is 23.0 Å². The van der Waals surface area contributed by atoms with Crippen LogP contribution < -0.4 is 24.3 Å². The highest BCUT2D eigenvalue weighted by molar-refractivity contribution is 6.42. The summed E-state index contributed by atoms with van der Waals surface area (Å²) in [6, 6.07) is 18.7. The van der Waals surface area contributed by atoms with Gasteiger partial charge in [0.05, 0.1) is 25.3 Å². The first kappa shape index (κ1) is 33.0. The monoisotopic (exact) mass is 679 g/mol. The van der Waals surface area contributed by atoms with E-state index in [1.807, 2.05) is 52.3 Å². The summed E-state index contributed by atoms with van der Waals surface area (Å²) in [6.45, 7) is 3.67. The molecule has 0 radical (unpaired) electrons. The van der Waals surface area contributed by atoms with Gasteiger partial charge in [-0.3, -0.25) is 9.59 Å². The highest BCUT2D eigenvalue weighted by atomic mass is 35.5. The maximum atomic E-state index is 14.7. The minimum Gasteiger partial charge on any atom is -0.497 e. The molecule has 1 saturated carbocycles. The summed E-state index contributed by atoms with van der Waals surface area (Å²) in [5.74, 6) is 2.55. The number of halogens is 2. The number of rotatable bonds is 12. The summed E-state index contributed by atoms with van der Waals surface area (Å²) in [5.41, 5.74) is 3.62. The molecular weight excluding hydrogens is 641 g/mol. The Kier molecular flexibility index (Phi) is 10.2. The van der Waals surface area contributed by atoms with Crippen molar-refractivity contribution in [1.82, 2.24) is 15.1 Å². The van der Waals surface area contributed by atoms with Crippen molar-refractivity contribution in [2.75, 3.05) is 40.5 Å². The molecule has 1 N–H and O–H groups in total. The lowest BCUT2D eigenvalue weighted by Crippen LogP contribution is -2.61. The van der Waals surface area contributed by atoms with Crippen LogP contribution in [0.3, 0.4) is 0 Å². The second kappa shape index (κ2) is 14.5. The minimum absolute atomic E-state index is 0.0113. The lowest BCUT2D eigenvalue weighted by atomic mass is 9.82. The van der Waals surface area contributed by atoms with E-state index >= 15 is 0 Å². The molecule has 11 heteroatoms. The molecule has 0 spiro atoms. The van der Waals surface area contributed by atoms with Crippen molar-refractivity contribution in [1.29, 1.82) is 0 Å². The summed E-state index contributed by atoms with van der Waals surface area (Å²) in [6.07, 6.45) is 2.53. The van der Waals surface area contributed by atoms with Gasteiger partial charge in [0.1, 0.15) is 41.2 Å². The van der Waals surface area contributed by atoms with Crippen LogP contribution >= 0.6 is 23.2 Å². The molecule has 2 amide bonds. The molecule has 2 fully saturated rings. The molecule has 1 saturated heterocycles. The van der Waals surface area contributed by atoms with E-state index in [0.29, 0.717) is 72.3 Å². The zero-order valence-corrected chi connectivity index (χ0v) is 28.3. The van der Waals surface area contributed by atoms with Gasteiger partial charge in [-0.15, -0.1) is 0 Å². The molecule has 0 aromatic heterocycles. The highest BCUT2D eigenvalue weighted by Gasteiger charge is 2.43. The van der Waals surface area contributed by atoms with E-state index in [2.05, 4.69) is 5.32 Å². The van der Waals surface area contributed by atoms with Gasteiger partial charge in [0.2, 0.25) is 5.91 Å². The number of carbonyl (C=O) groups excluding carboxylic acids is 2. The number of carbonyl (C=O) groups is 2. The fourth-order valence-corrected chi connectivity index (χ4v) is 6.69. The topological polar surface area (TPSA) is 89.6 Å². The molecule has 2 atom stereocenters. The standard InChI is InChI=1S/C36H39Cl2N3O6/c1-22(42)40-20-25-17-30(24-7-11-27(12-8-24)46-13-14-47-33-6-4-5-31(37)35(33)38)34(32(21-40)39-25)36(43)41(26-9-10-26)19-23-15-28(44-2)18-29(16-23)45-3/h4-8,11-12,15-16,18,25-26,32,39H,9-10,13-14,17,19-21H2,1-3H3/t25-,32-/m1/s1. The molecule has 47 heavy (non-hydrogen) atoms. The number of nitrogens with one attached hydrogen (secondary N) is 1. The molecule has 248 valence electrons. The number of hydrogen-bond donors (Lipinski definition) is 1. The molecule has 1 aliphatic carbocycles. The Hall–Kier alpha value is -3.92. The number of nitrogens with zero attached hydrogens (tertiary/aromatic N) is 2. The van der Waals surface area contributed by atoms with Crippen LogP contribution in [-0.2, 0) is 16.1 Å². The summed E-state index contributed by atoms with van der Waals surface area (Å²) >= 11 is 12.3. The van der Waals surface area contributed by atoms with E-state index in [1.54, 1.807) is 39.3 Å². The Morgan fingerprint density at radius 2 is 1.62 bits per heavy atom. The summed E-state index contributed by atoms with van der Waals surface area (Å²) in [7, 11) is 3.24. The second-order valence-electron chi connectivity index (χ2n) is 12.1. The summed E-state index contributed by atoms with van der Waals surface area (Å²) in [4.78, 5) is 30.9. The van der Waals surface area contributed by atoms with Gasteiger partial charge in [-0.2, -0.15) is 0 Å². The zero-order chi connectivity index (χ0) is 33.1.